The number of amides is 1. The van der Waals surface area contributed by atoms with Gasteiger partial charge < -0.3 is 20.1 Å². The van der Waals surface area contributed by atoms with Gasteiger partial charge in [-0.3, -0.25) is 9.59 Å². The zero-order chi connectivity index (χ0) is 32.1. The first-order chi connectivity index (χ1) is 22.5. The molecule has 1 amide bonds. The summed E-state index contributed by atoms with van der Waals surface area (Å²) in [5, 5.41) is 13.1. The van der Waals surface area contributed by atoms with E-state index in [1.807, 2.05) is 78.9 Å². The van der Waals surface area contributed by atoms with Gasteiger partial charge in [0.05, 0.1) is 6.54 Å². The number of hydrogen-bond acceptors (Lipinski definition) is 5. The molecule has 5 aromatic rings. The molecule has 1 atom stereocenters. The van der Waals surface area contributed by atoms with E-state index in [9.17, 15) is 19.5 Å². The molecular formula is C39H36N2O5. The highest BCUT2D eigenvalue weighted by molar-refractivity contribution is 6.12. The SMILES string of the molecule is O=C(c1ccccc1)c1ccccc1N[C@@H](Cc1ccc(OCCN(C(=O)CCc2ccccc2)c2ccccc2)cc1)C(=O)O. The molecule has 5 aromatic carbocycles. The zero-order valence-electron chi connectivity index (χ0n) is 25.4. The fourth-order valence-electron chi connectivity index (χ4n) is 5.19. The number of benzene rings is 5. The number of carboxylic acid groups (broad SMARTS) is 1. The summed E-state index contributed by atoms with van der Waals surface area (Å²) < 4.78 is 5.99. The molecule has 0 radical (unpaired) electrons. The molecule has 0 spiro atoms. The first kappa shape index (κ1) is 31.7. The number of para-hydroxylation sites is 2. The topological polar surface area (TPSA) is 95.9 Å². The lowest BCUT2D eigenvalue weighted by atomic mass is 10.00. The van der Waals surface area contributed by atoms with E-state index < -0.39 is 12.0 Å². The van der Waals surface area contributed by atoms with Crippen LogP contribution in [0.15, 0.2) is 140 Å². The third kappa shape index (κ3) is 8.70. The highest BCUT2D eigenvalue weighted by atomic mass is 16.5. The quantitative estimate of drug-likeness (QED) is 0.123. The van der Waals surface area contributed by atoms with Crippen LogP contribution in [0.2, 0.25) is 0 Å². The molecule has 0 bridgehead atoms. The van der Waals surface area contributed by atoms with Crippen molar-refractivity contribution in [3.05, 3.63) is 162 Å². The molecule has 0 aromatic heterocycles. The predicted octanol–water partition coefficient (Wildman–Crippen LogP) is 7.07. The number of carboxylic acids is 1. The van der Waals surface area contributed by atoms with Gasteiger partial charge in [0.15, 0.2) is 5.78 Å². The number of hydrogen-bond donors (Lipinski definition) is 2. The number of rotatable bonds is 15. The number of nitrogens with zero attached hydrogens (tertiary/aromatic N) is 1. The summed E-state index contributed by atoms with van der Waals surface area (Å²) in [7, 11) is 0. The molecule has 232 valence electrons. The molecule has 7 heteroatoms. The lowest BCUT2D eigenvalue weighted by Crippen LogP contribution is -2.34. The van der Waals surface area contributed by atoms with E-state index in [-0.39, 0.29) is 24.7 Å². The van der Waals surface area contributed by atoms with E-state index in [4.69, 9.17) is 4.74 Å². The third-order valence-corrected chi connectivity index (χ3v) is 7.62. The fourth-order valence-corrected chi connectivity index (χ4v) is 5.19. The van der Waals surface area contributed by atoms with Gasteiger partial charge in [0.25, 0.3) is 0 Å². The lowest BCUT2D eigenvalue weighted by Gasteiger charge is -2.23. The number of ketones is 1. The van der Waals surface area contributed by atoms with Crippen molar-refractivity contribution >= 4 is 29.0 Å². The first-order valence-corrected chi connectivity index (χ1v) is 15.3. The van der Waals surface area contributed by atoms with Crippen LogP contribution in [-0.4, -0.2) is 42.0 Å². The Hall–Kier alpha value is -5.69. The van der Waals surface area contributed by atoms with Crippen molar-refractivity contribution in [3.8, 4) is 5.75 Å². The van der Waals surface area contributed by atoms with Crippen molar-refractivity contribution in [3.63, 3.8) is 0 Å². The van der Waals surface area contributed by atoms with Gasteiger partial charge >= 0.3 is 5.97 Å². The third-order valence-electron chi connectivity index (χ3n) is 7.62. The average Bonchev–Trinajstić information content (AvgIpc) is 3.10. The van der Waals surface area contributed by atoms with Gasteiger partial charge in [0.2, 0.25) is 5.91 Å². The van der Waals surface area contributed by atoms with E-state index in [2.05, 4.69) is 5.32 Å². The number of aliphatic carboxylic acids is 1. The lowest BCUT2D eigenvalue weighted by molar-refractivity contribution is -0.137. The number of carbonyl (C=O) groups excluding carboxylic acids is 2. The second-order valence-corrected chi connectivity index (χ2v) is 10.8. The molecular weight excluding hydrogens is 576 g/mol. The van der Waals surface area contributed by atoms with Gasteiger partial charge in [-0.1, -0.05) is 103 Å². The minimum atomic E-state index is -1.03. The van der Waals surface area contributed by atoms with Gasteiger partial charge in [-0.05, 0) is 53.9 Å². The molecule has 0 aliphatic rings. The van der Waals surface area contributed by atoms with Gasteiger partial charge in [0, 0.05) is 35.3 Å². The highest BCUT2D eigenvalue weighted by Gasteiger charge is 2.22. The summed E-state index contributed by atoms with van der Waals surface area (Å²) in [6.45, 7) is 0.669. The monoisotopic (exact) mass is 612 g/mol. The van der Waals surface area contributed by atoms with Gasteiger partial charge in [-0.15, -0.1) is 0 Å². The van der Waals surface area contributed by atoms with Crippen molar-refractivity contribution in [1.29, 1.82) is 0 Å². The van der Waals surface area contributed by atoms with Crippen molar-refractivity contribution in [2.24, 2.45) is 0 Å². The molecule has 46 heavy (non-hydrogen) atoms. The molecule has 2 N–H and O–H groups in total. The van der Waals surface area contributed by atoms with Crippen LogP contribution in [0, 0.1) is 0 Å². The van der Waals surface area contributed by atoms with E-state index >= 15 is 0 Å². The molecule has 7 nitrogen and oxygen atoms in total. The largest absolute Gasteiger partial charge is 0.492 e. The summed E-state index contributed by atoms with van der Waals surface area (Å²) in [6.07, 6.45) is 1.24. The minimum absolute atomic E-state index is 0.0215. The van der Waals surface area contributed by atoms with Crippen LogP contribution in [0.25, 0.3) is 0 Å². The number of nitrogens with one attached hydrogen (secondary N) is 1. The van der Waals surface area contributed by atoms with E-state index in [0.29, 0.717) is 42.0 Å². The molecule has 5 rings (SSSR count). The normalized spacial score (nSPS) is 11.3. The van der Waals surface area contributed by atoms with Crippen LogP contribution in [0.4, 0.5) is 11.4 Å². The Morgan fingerprint density at radius 2 is 1.30 bits per heavy atom. The van der Waals surface area contributed by atoms with E-state index in [1.165, 1.54) is 0 Å². The number of anilines is 2. The van der Waals surface area contributed by atoms with Crippen molar-refractivity contribution < 1.29 is 24.2 Å². The Kier molecular flexibility index (Phi) is 10.9. The summed E-state index contributed by atoms with van der Waals surface area (Å²) in [6, 6.07) is 41.6. The Labute approximate surface area is 269 Å². The van der Waals surface area contributed by atoms with Crippen LogP contribution in [-0.2, 0) is 22.4 Å². The predicted molar refractivity (Wildman–Crippen MR) is 181 cm³/mol. The molecule has 0 unspecified atom stereocenters. The molecule has 0 heterocycles. The first-order valence-electron chi connectivity index (χ1n) is 15.3. The van der Waals surface area contributed by atoms with Crippen molar-refractivity contribution in [1.82, 2.24) is 0 Å². The van der Waals surface area contributed by atoms with Crippen molar-refractivity contribution in [2.45, 2.75) is 25.3 Å². The maximum absolute atomic E-state index is 13.2. The highest BCUT2D eigenvalue weighted by Crippen LogP contribution is 2.22. The smallest absolute Gasteiger partial charge is 0.326 e. The number of carbonyl (C=O) groups is 3. The minimum Gasteiger partial charge on any atom is -0.492 e. The summed E-state index contributed by atoms with van der Waals surface area (Å²) in [5.41, 5.74) is 4.13. The van der Waals surface area contributed by atoms with Crippen LogP contribution >= 0.6 is 0 Å². The Balaban J connectivity index is 1.19. The Morgan fingerprint density at radius 1 is 0.696 bits per heavy atom. The maximum atomic E-state index is 13.2. The van der Waals surface area contributed by atoms with Crippen LogP contribution in [0.5, 0.6) is 5.75 Å². The maximum Gasteiger partial charge on any atom is 0.326 e. The fraction of sp³-hybridized carbons (Fsp3) is 0.154. The molecule has 0 aliphatic heterocycles. The van der Waals surface area contributed by atoms with Crippen LogP contribution in [0.1, 0.15) is 33.5 Å². The summed E-state index contributed by atoms with van der Waals surface area (Å²) in [5.74, 6) is -0.571. The van der Waals surface area contributed by atoms with Gasteiger partial charge in [-0.25, -0.2) is 4.79 Å². The van der Waals surface area contributed by atoms with E-state index in [1.54, 1.807) is 65.6 Å². The summed E-state index contributed by atoms with van der Waals surface area (Å²) >= 11 is 0. The standard InChI is InChI=1S/C39H36N2O5/c42-37(25-22-29-12-4-1-5-13-29)41(32-16-8-3-9-17-32)26-27-46-33-23-20-30(21-24-33)28-36(39(44)45)40-35-19-11-10-18-34(35)38(43)31-14-6-2-7-15-31/h1-21,23-24,36,40H,22,25-28H2,(H,44,45)/t36-/m0/s1. The molecule has 0 aliphatic carbocycles. The molecule has 0 saturated heterocycles. The number of aryl methyl sites for hydroxylation is 1. The molecule has 0 fully saturated rings. The van der Waals surface area contributed by atoms with Gasteiger partial charge in [-0.2, -0.15) is 0 Å². The van der Waals surface area contributed by atoms with Crippen molar-refractivity contribution in [2.75, 3.05) is 23.4 Å². The second kappa shape index (κ2) is 15.9. The summed E-state index contributed by atoms with van der Waals surface area (Å²) in [4.78, 5) is 40.3. The van der Waals surface area contributed by atoms with Crippen LogP contribution < -0.4 is 15.0 Å². The molecule has 0 saturated carbocycles. The van der Waals surface area contributed by atoms with E-state index in [0.717, 1.165) is 16.8 Å². The number of ether oxygens (including phenoxy) is 1. The average molecular weight is 613 g/mol. The Morgan fingerprint density at radius 3 is 1.98 bits per heavy atom. The Bertz CT molecular complexity index is 1730. The second-order valence-electron chi connectivity index (χ2n) is 10.8. The van der Waals surface area contributed by atoms with Gasteiger partial charge in [0.1, 0.15) is 18.4 Å². The van der Waals surface area contributed by atoms with Crippen LogP contribution in [0.3, 0.4) is 0 Å². The zero-order valence-corrected chi connectivity index (χ0v) is 25.4.